The second kappa shape index (κ2) is 7.76. The minimum atomic E-state index is -0.510. The van der Waals surface area contributed by atoms with Crippen molar-refractivity contribution in [1.82, 2.24) is 15.5 Å². The highest BCUT2D eigenvalue weighted by Crippen LogP contribution is 2.33. The Bertz CT molecular complexity index is 588. The maximum absolute atomic E-state index is 12.3. The van der Waals surface area contributed by atoms with Gasteiger partial charge < -0.3 is 20.3 Å². The predicted molar refractivity (Wildman–Crippen MR) is 97.4 cm³/mol. The molecule has 1 saturated heterocycles. The van der Waals surface area contributed by atoms with Crippen LogP contribution in [0.4, 0.5) is 9.59 Å². The van der Waals surface area contributed by atoms with E-state index in [0.717, 1.165) is 5.56 Å². The number of benzene rings is 1. The molecule has 6 nitrogen and oxygen atoms in total. The van der Waals surface area contributed by atoms with Gasteiger partial charge in [-0.1, -0.05) is 30.3 Å². The third-order valence-electron chi connectivity index (χ3n) is 4.29. The molecule has 1 fully saturated rings. The van der Waals surface area contributed by atoms with E-state index in [1.165, 1.54) is 0 Å². The fourth-order valence-corrected chi connectivity index (χ4v) is 3.06. The minimum Gasteiger partial charge on any atom is -0.444 e. The summed E-state index contributed by atoms with van der Waals surface area (Å²) in [6.45, 7) is 9.12. The average Bonchev–Trinajstić information content (AvgIpc) is 2.55. The number of ether oxygens (including phenoxy) is 1. The number of hydrogen-bond donors (Lipinski definition) is 2. The third-order valence-corrected chi connectivity index (χ3v) is 4.29. The van der Waals surface area contributed by atoms with Crippen LogP contribution in [0.3, 0.4) is 0 Å². The first kappa shape index (κ1) is 19.1. The Morgan fingerprint density at radius 1 is 1.16 bits per heavy atom. The van der Waals surface area contributed by atoms with Gasteiger partial charge in [0.05, 0.1) is 5.54 Å². The Morgan fingerprint density at radius 3 is 2.28 bits per heavy atom. The summed E-state index contributed by atoms with van der Waals surface area (Å²) in [6.07, 6.45) is 0.994. The number of carbonyl (C=O) groups excluding carboxylic acids is 2. The monoisotopic (exact) mass is 347 g/mol. The van der Waals surface area contributed by atoms with Crippen molar-refractivity contribution in [3.63, 3.8) is 0 Å². The van der Waals surface area contributed by atoms with Gasteiger partial charge >= 0.3 is 12.1 Å². The van der Waals surface area contributed by atoms with Crippen LogP contribution in [0, 0.1) is 0 Å². The molecule has 0 bridgehead atoms. The highest BCUT2D eigenvalue weighted by Gasteiger charge is 2.39. The molecule has 0 unspecified atom stereocenters. The molecule has 1 aliphatic rings. The van der Waals surface area contributed by atoms with E-state index >= 15 is 0 Å². The first-order chi connectivity index (χ1) is 11.8. The smallest absolute Gasteiger partial charge is 0.410 e. The highest BCUT2D eigenvalue weighted by atomic mass is 16.6. The van der Waals surface area contributed by atoms with Gasteiger partial charge in [0.2, 0.25) is 0 Å². The number of urea groups is 1. The molecule has 1 heterocycles. The molecule has 0 saturated carbocycles. The second-order valence-corrected chi connectivity index (χ2v) is 7.40. The predicted octanol–water partition coefficient (Wildman–Crippen LogP) is 3.23. The molecule has 6 heteroatoms. The van der Waals surface area contributed by atoms with E-state index in [1.807, 2.05) is 58.0 Å². The first-order valence-corrected chi connectivity index (χ1v) is 8.85. The molecule has 0 atom stereocenters. The lowest BCUT2D eigenvalue weighted by Crippen LogP contribution is -2.56. The largest absolute Gasteiger partial charge is 0.444 e. The summed E-state index contributed by atoms with van der Waals surface area (Å²) in [4.78, 5) is 26.2. The van der Waals surface area contributed by atoms with E-state index in [0.29, 0.717) is 32.5 Å². The maximum Gasteiger partial charge on any atom is 0.410 e. The van der Waals surface area contributed by atoms with Crippen LogP contribution in [0.15, 0.2) is 30.3 Å². The molecule has 1 aliphatic heterocycles. The zero-order valence-corrected chi connectivity index (χ0v) is 15.6. The van der Waals surface area contributed by atoms with Crippen molar-refractivity contribution in [2.45, 2.75) is 51.7 Å². The van der Waals surface area contributed by atoms with E-state index in [9.17, 15) is 9.59 Å². The molecule has 0 aromatic heterocycles. The van der Waals surface area contributed by atoms with Crippen molar-refractivity contribution in [1.29, 1.82) is 0 Å². The number of rotatable bonds is 3. The van der Waals surface area contributed by atoms with Crippen LogP contribution in [0.1, 0.15) is 46.1 Å². The van der Waals surface area contributed by atoms with Crippen molar-refractivity contribution < 1.29 is 14.3 Å². The van der Waals surface area contributed by atoms with Gasteiger partial charge in [-0.15, -0.1) is 0 Å². The molecule has 0 aliphatic carbocycles. The molecule has 0 radical (unpaired) electrons. The van der Waals surface area contributed by atoms with Crippen LogP contribution in [0.25, 0.3) is 0 Å². The van der Waals surface area contributed by atoms with Crippen molar-refractivity contribution in [2.75, 3.05) is 19.6 Å². The lowest BCUT2D eigenvalue weighted by atomic mass is 9.81. The zero-order chi connectivity index (χ0) is 18.5. The fraction of sp³-hybridized carbons (Fsp3) is 0.579. The van der Waals surface area contributed by atoms with Gasteiger partial charge in [0.1, 0.15) is 5.60 Å². The molecular formula is C19H29N3O3. The Labute approximate surface area is 149 Å². The quantitative estimate of drug-likeness (QED) is 0.882. The molecule has 138 valence electrons. The molecule has 0 spiro atoms. The van der Waals surface area contributed by atoms with Crippen LogP contribution in [-0.4, -0.2) is 42.3 Å². The Hall–Kier alpha value is -2.24. The Morgan fingerprint density at radius 2 is 1.76 bits per heavy atom. The number of amides is 3. The van der Waals surface area contributed by atoms with Crippen LogP contribution < -0.4 is 10.6 Å². The molecular weight excluding hydrogens is 318 g/mol. The van der Waals surface area contributed by atoms with Crippen LogP contribution in [-0.2, 0) is 10.3 Å². The molecule has 2 N–H and O–H groups in total. The van der Waals surface area contributed by atoms with Gasteiger partial charge in [-0.05, 0) is 46.1 Å². The number of nitrogens with one attached hydrogen (secondary N) is 2. The standard InChI is InChI=1S/C19H29N3O3/c1-5-20-16(23)21-19(15-9-7-6-8-10-15)11-13-22(14-12-19)17(24)25-18(2,3)4/h6-10H,5,11-14H2,1-4H3,(H2,20,21,23). The lowest BCUT2D eigenvalue weighted by Gasteiger charge is -2.42. The van der Waals surface area contributed by atoms with Crippen molar-refractivity contribution in [3.8, 4) is 0 Å². The lowest BCUT2D eigenvalue weighted by molar-refractivity contribution is 0.0151. The van der Waals surface area contributed by atoms with Crippen LogP contribution in [0.5, 0.6) is 0 Å². The van der Waals surface area contributed by atoms with E-state index in [2.05, 4.69) is 10.6 Å². The molecule has 3 amide bonds. The maximum atomic E-state index is 12.3. The second-order valence-electron chi connectivity index (χ2n) is 7.40. The fourth-order valence-electron chi connectivity index (χ4n) is 3.06. The SMILES string of the molecule is CCNC(=O)NC1(c2ccccc2)CCN(C(=O)OC(C)(C)C)CC1. The molecule has 1 aromatic carbocycles. The van der Waals surface area contributed by atoms with Crippen molar-refractivity contribution >= 4 is 12.1 Å². The van der Waals surface area contributed by atoms with Crippen molar-refractivity contribution in [3.05, 3.63) is 35.9 Å². The summed E-state index contributed by atoms with van der Waals surface area (Å²) < 4.78 is 5.46. The summed E-state index contributed by atoms with van der Waals surface area (Å²) in [5, 5.41) is 5.93. The Kier molecular flexibility index (Phi) is 5.93. The molecule has 25 heavy (non-hydrogen) atoms. The number of hydrogen-bond acceptors (Lipinski definition) is 3. The van der Waals surface area contributed by atoms with Crippen LogP contribution >= 0.6 is 0 Å². The highest BCUT2D eigenvalue weighted by molar-refractivity contribution is 5.75. The number of carbonyl (C=O) groups is 2. The average molecular weight is 347 g/mol. The van der Waals surface area contributed by atoms with Gasteiger partial charge in [0.25, 0.3) is 0 Å². The summed E-state index contributed by atoms with van der Waals surface area (Å²) in [5.41, 5.74) is 0.0775. The van der Waals surface area contributed by atoms with E-state index in [4.69, 9.17) is 4.74 Å². The topological polar surface area (TPSA) is 70.7 Å². The zero-order valence-electron chi connectivity index (χ0n) is 15.6. The summed E-state index contributed by atoms with van der Waals surface area (Å²) in [7, 11) is 0. The molecule has 1 aromatic rings. The normalized spacial score (nSPS) is 16.9. The third kappa shape index (κ3) is 5.11. The van der Waals surface area contributed by atoms with E-state index in [-0.39, 0.29) is 12.1 Å². The van der Waals surface area contributed by atoms with E-state index < -0.39 is 11.1 Å². The van der Waals surface area contributed by atoms with Crippen molar-refractivity contribution in [2.24, 2.45) is 0 Å². The summed E-state index contributed by atoms with van der Waals surface area (Å²) >= 11 is 0. The molecule has 2 rings (SSSR count). The Balaban J connectivity index is 2.12. The van der Waals surface area contributed by atoms with Gasteiger partial charge in [-0.3, -0.25) is 0 Å². The van der Waals surface area contributed by atoms with Crippen LogP contribution in [0.2, 0.25) is 0 Å². The number of likely N-dealkylation sites (tertiary alicyclic amines) is 1. The van der Waals surface area contributed by atoms with Gasteiger partial charge in [-0.2, -0.15) is 0 Å². The summed E-state index contributed by atoms with van der Waals surface area (Å²) in [5.74, 6) is 0. The van der Waals surface area contributed by atoms with Gasteiger partial charge in [0.15, 0.2) is 0 Å². The number of piperidine rings is 1. The number of nitrogens with zero attached hydrogens (tertiary/aromatic N) is 1. The minimum absolute atomic E-state index is 0.183. The first-order valence-electron chi connectivity index (χ1n) is 8.85. The van der Waals surface area contributed by atoms with Gasteiger partial charge in [-0.25, -0.2) is 9.59 Å². The summed E-state index contributed by atoms with van der Waals surface area (Å²) in [6, 6.07) is 9.76. The van der Waals surface area contributed by atoms with E-state index in [1.54, 1.807) is 4.90 Å². The van der Waals surface area contributed by atoms with Gasteiger partial charge in [0, 0.05) is 19.6 Å².